The van der Waals surface area contributed by atoms with Gasteiger partial charge >= 0.3 is 0 Å². The van der Waals surface area contributed by atoms with Crippen molar-refractivity contribution in [2.24, 2.45) is 0 Å². The van der Waals surface area contributed by atoms with Crippen molar-refractivity contribution >= 4 is 5.91 Å². The van der Waals surface area contributed by atoms with Crippen LogP contribution in [0.4, 0.5) is 0 Å². The first-order valence-corrected chi connectivity index (χ1v) is 9.90. The van der Waals surface area contributed by atoms with E-state index in [4.69, 9.17) is 4.74 Å². The average molecular weight is 364 g/mol. The van der Waals surface area contributed by atoms with Crippen LogP contribution in [-0.2, 0) is 6.54 Å². The molecule has 2 heterocycles. The van der Waals surface area contributed by atoms with E-state index in [2.05, 4.69) is 56.0 Å². The van der Waals surface area contributed by atoms with Crippen LogP contribution in [0, 0.1) is 6.92 Å². The van der Waals surface area contributed by atoms with Gasteiger partial charge in [0, 0.05) is 44.2 Å². The molecule has 1 amide bonds. The molecule has 0 aromatic heterocycles. The number of hydrogen-bond donors (Lipinski definition) is 0. The van der Waals surface area contributed by atoms with Gasteiger partial charge in [0.25, 0.3) is 5.91 Å². The molecule has 4 rings (SSSR count). The van der Waals surface area contributed by atoms with Crippen molar-refractivity contribution in [3.05, 3.63) is 64.7 Å². The Kier molecular flexibility index (Phi) is 4.92. The number of hydrogen-bond acceptors (Lipinski definition) is 3. The fourth-order valence-corrected chi connectivity index (χ4v) is 4.06. The Morgan fingerprint density at radius 2 is 1.78 bits per heavy atom. The monoisotopic (exact) mass is 364 g/mol. The molecule has 2 aromatic rings. The van der Waals surface area contributed by atoms with Crippen molar-refractivity contribution in [3.63, 3.8) is 0 Å². The average Bonchev–Trinajstić information content (AvgIpc) is 2.98. The predicted octanol–water partition coefficient (Wildman–Crippen LogP) is 3.84. The fraction of sp³-hybridized carbons (Fsp3) is 0.435. The normalized spacial score (nSPS) is 22.4. The summed E-state index contributed by atoms with van der Waals surface area (Å²) >= 11 is 0. The number of rotatable bonds is 3. The minimum absolute atomic E-state index is 0.101. The molecule has 0 N–H and O–H groups in total. The van der Waals surface area contributed by atoms with Gasteiger partial charge in [-0.15, -0.1) is 0 Å². The summed E-state index contributed by atoms with van der Waals surface area (Å²) in [6, 6.07) is 14.5. The van der Waals surface area contributed by atoms with Gasteiger partial charge in [-0.1, -0.05) is 43.3 Å². The second kappa shape index (κ2) is 7.35. The van der Waals surface area contributed by atoms with Crippen LogP contribution in [0.1, 0.15) is 46.8 Å². The zero-order chi connectivity index (χ0) is 19.0. The summed E-state index contributed by atoms with van der Waals surface area (Å²) in [5.74, 6) is 1.23. The molecule has 0 saturated carbocycles. The standard InChI is InChI=1S/C23H28N2O2/c1-16-7-4-5-8-19(16)15-24-11-13-25(14-12-24)23(26)21-10-6-9-20-17(2)18(3)27-22(20)21/h4-10,17-18H,11-15H2,1-3H3/t17-,18-/m0/s1. The maximum atomic E-state index is 13.1. The maximum Gasteiger partial charge on any atom is 0.257 e. The molecule has 1 saturated heterocycles. The van der Waals surface area contributed by atoms with Crippen molar-refractivity contribution in [3.8, 4) is 5.75 Å². The Morgan fingerprint density at radius 3 is 2.52 bits per heavy atom. The van der Waals surface area contributed by atoms with Gasteiger partial charge in [-0.2, -0.15) is 0 Å². The highest BCUT2D eigenvalue weighted by Crippen LogP contribution is 2.40. The Labute approximate surface area is 161 Å². The van der Waals surface area contributed by atoms with Crippen LogP contribution in [0.15, 0.2) is 42.5 Å². The van der Waals surface area contributed by atoms with E-state index in [1.807, 2.05) is 17.0 Å². The Bertz CT molecular complexity index is 840. The van der Waals surface area contributed by atoms with Crippen LogP contribution < -0.4 is 4.74 Å². The number of benzene rings is 2. The molecule has 0 unspecified atom stereocenters. The third-order valence-corrected chi connectivity index (χ3v) is 6.09. The van der Waals surface area contributed by atoms with E-state index in [0.29, 0.717) is 5.92 Å². The lowest BCUT2D eigenvalue weighted by atomic mass is 9.96. The molecule has 0 radical (unpaired) electrons. The first-order valence-electron chi connectivity index (χ1n) is 9.90. The Balaban J connectivity index is 1.42. The molecule has 2 atom stereocenters. The van der Waals surface area contributed by atoms with Gasteiger partial charge in [-0.05, 0) is 31.0 Å². The third kappa shape index (κ3) is 3.46. The van der Waals surface area contributed by atoms with Crippen molar-refractivity contribution in [2.45, 2.75) is 39.3 Å². The summed E-state index contributed by atoms with van der Waals surface area (Å²) in [6.45, 7) is 10.7. The number of carbonyl (C=O) groups is 1. The van der Waals surface area contributed by atoms with Gasteiger partial charge in [0.1, 0.15) is 11.9 Å². The van der Waals surface area contributed by atoms with Crippen LogP contribution in [0.2, 0.25) is 0 Å². The number of aryl methyl sites for hydroxylation is 1. The predicted molar refractivity (Wildman–Crippen MR) is 107 cm³/mol. The lowest BCUT2D eigenvalue weighted by Crippen LogP contribution is -2.48. The highest BCUT2D eigenvalue weighted by atomic mass is 16.5. The fourth-order valence-electron chi connectivity index (χ4n) is 4.06. The van der Waals surface area contributed by atoms with E-state index in [9.17, 15) is 4.79 Å². The highest BCUT2D eigenvalue weighted by molar-refractivity contribution is 5.97. The van der Waals surface area contributed by atoms with E-state index in [1.54, 1.807) is 0 Å². The summed E-state index contributed by atoms with van der Waals surface area (Å²) < 4.78 is 6.02. The van der Waals surface area contributed by atoms with Crippen molar-refractivity contribution in [1.82, 2.24) is 9.80 Å². The van der Waals surface area contributed by atoms with Crippen LogP contribution in [-0.4, -0.2) is 48.0 Å². The van der Waals surface area contributed by atoms with Gasteiger partial charge in [-0.3, -0.25) is 9.69 Å². The zero-order valence-corrected chi connectivity index (χ0v) is 16.4. The van der Waals surface area contributed by atoms with Crippen molar-refractivity contribution in [2.75, 3.05) is 26.2 Å². The lowest BCUT2D eigenvalue weighted by molar-refractivity contribution is 0.0623. The molecule has 27 heavy (non-hydrogen) atoms. The Morgan fingerprint density at radius 1 is 1.04 bits per heavy atom. The topological polar surface area (TPSA) is 32.8 Å². The molecule has 4 nitrogen and oxygen atoms in total. The molecular formula is C23H28N2O2. The first kappa shape index (κ1) is 18.1. The largest absolute Gasteiger partial charge is 0.489 e. The number of para-hydroxylation sites is 1. The quantitative estimate of drug-likeness (QED) is 0.830. The molecule has 1 fully saturated rings. The smallest absolute Gasteiger partial charge is 0.257 e. The number of carbonyl (C=O) groups excluding carboxylic acids is 1. The van der Waals surface area contributed by atoms with Crippen molar-refractivity contribution in [1.29, 1.82) is 0 Å². The summed E-state index contributed by atoms with van der Waals surface area (Å²) in [5.41, 5.74) is 4.58. The number of amides is 1. The van der Waals surface area contributed by atoms with Gasteiger partial charge < -0.3 is 9.64 Å². The van der Waals surface area contributed by atoms with Crippen LogP contribution in [0.3, 0.4) is 0 Å². The third-order valence-electron chi connectivity index (χ3n) is 6.09. The van der Waals surface area contributed by atoms with Crippen LogP contribution in [0.5, 0.6) is 5.75 Å². The van der Waals surface area contributed by atoms with E-state index >= 15 is 0 Å². The molecular weight excluding hydrogens is 336 g/mol. The molecule has 0 aliphatic carbocycles. The first-order chi connectivity index (χ1) is 13.0. The number of ether oxygens (including phenoxy) is 1. The van der Waals surface area contributed by atoms with Gasteiger partial charge in [0.15, 0.2) is 0 Å². The zero-order valence-electron chi connectivity index (χ0n) is 16.4. The summed E-state index contributed by atoms with van der Waals surface area (Å²) in [4.78, 5) is 17.5. The SMILES string of the molecule is Cc1ccccc1CN1CCN(C(=O)c2cccc3c2O[C@@H](C)[C@@H]3C)CC1. The van der Waals surface area contributed by atoms with E-state index in [0.717, 1.165) is 49.6 Å². The highest BCUT2D eigenvalue weighted by Gasteiger charge is 2.33. The van der Waals surface area contributed by atoms with Crippen LogP contribution in [0.25, 0.3) is 0 Å². The summed E-state index contributed by atoms with van der Waals surface area (Å²) in [6.07, 6.45) is 0.125. The molecule has 2 aliphatic rings. The molecule has 4 heteroatoms. The summed E-state index contributed by atoms with van der Waals surface area (Å²) in [7, 11) is 0. The van der Waals surface area contributed by atoms with Crippen LogP contribution >= 0.6 is 0 Å². The minimum atomic E-state index is 0.101. The van der Waals surface area contributed by atoms with Gasteiger partial charge in [0.2, 0.25) is 0 Å². The lowest BCUT2D eigenvalue weighted by Gasteiger charge is -2.35. The number of piperazine rings is 1. The van der Waals surface area contributed by atoms with Gasteiger partial charge in [-0.25, -0.2) is 0 Å². The summed E-state index contributed by atoms with van der Waals surface area (Å²) in [5, 5.41) is 0. The van der Waals surface area contributed by atoms with E-state index in [-0.39, 0.29) is 12.0 Å². The molecule has 2 aliphatic heterocycles. The maximum absolute atomic E-state index is 13.1. The number of nitrogens with zero attached hydrogens (tertiary/aromatic N) is 2. The van der Waals surface area contributed by atoms with E-state index < -0.39 is 0 Å². The Hall–Kier alpha value is -2.33. The van der Waals surface area contributed by atoms with Gasteiger partial charge in [0.05, 0.1) is 5.56 Å². The minimum Gasteiger partial charge on any atom is -0.489 e. The van der Waals surface area contributed by atoms with Crippen molar-refractivity contribution < 1.29 is 9.53 Å². The molecule has 2 aromatic carbocycles. The second-order valence-corrected chi connectivity index (χ2v) is 7.83. The molecule has 0 spiro atoms. The second-order valence-electron chi connectivity index (χ2n) is 7.83. The number of fused-ring (bicyclic) bond motifs is 1. The molecule has 0 bridgehead atoms. The molecule has 142 valence electrons. The van der Waals surface area contributed by atoms with E-state index in [1.165, 1.54) is 11.1 Å².